The van der Waals surface area contributed by atoms with E-state index in [0.29, 0.717) is 6.04 Å². The van der Waals surface area contributed by atoms with Crippen LogP contribution in [0, 0.1) is 0 Å². The smallest absolute Gasteiger partial charge is 0.217 e. The summed E-state index contributed by atoms with van der Waals surface area (Å²) in [5.41, 5.74) is 0. The fourth-order valence-electron chi connectivity index (χ4n) is 1.55. The molecule has 3 heteroatoms. The lowest BCUT2D eigenvalue weighted by atomic mass is 10.0. The van der Waals surface area contributed by atoms with Crippen molar-refractivity contribution in [1.29, 1.82) is 0 Å². The molecule has 1 N–H and O–H groups in total. The van der Waals surface area contributed by atoms with E-state index in [9.17, 15) is 4.79 Å². The Morgan fingerprint density at radius 2 is 2.54 bits per heavy atom. The van der Waals surface area contributed by atoms with Crippen LogP contribution in [0.3, 0.4) is 0 Å². The van der Waals surface area contributed by atoms with E-state index in [1.807, 2.05) is 6.92 Å². The Kier molecular flexibility index (Phi) is 3.80. The number of hydrogen-bond acceptors (Lipinski definition) is 2. The summed E-state index contributed by atoms with van der Waals surface area (Å²) in [6, 6.07) is 0.307. The Morgan fingerprint density at radius 3 is 3.00 bits per heavy atom. The monoisotopic (exact) mass is 183 g/mol. The van der Waals surface area contributed by atoms with E-state index in [1.54, 1.807) is 6.92 Å². The van der Waals surface area contributed by atoms with Crippen LogP contribution in [-0.4, -0.2) is 18.6 Å². The first-order chi connectivity index (χ1) is 6.22. The van der Waals surface area contributed by atoms with Gasteiger partial charge in [-0.3, -0.25) is 4.79 Å². The highest BCUT2D eigenvalue weighted by Gasteiger charge is 2.15. The van der Waals surface area contributed by atoms with E-state index < -0.39 is 0 Å². The van der Waals surface area contributed by atoms with Crippen molar-refractivity contribution in [2.45, 2.75) is 39.2 Å². The highest BCUT2D eigenvalue weighted by molar-refractivity contribution is 5.73. The van der Waals surface area contributed by atoms with Crippen molar-refractivity contribution in [3.63, 3.8) is 0 Å². The largest absolute Gasteiger partial charge is 0.499 e. The van der Waals surface area contributed by atoms with Crippen LogP contribution in [0.2, 0.25) is 0 Å². The molecule has 13 heavy (non-hydrogen) atoms. The molecule has 0 aliphatic heterocycles. The average Bonchev–Trinajstić information content (AvgIpc) is 2.08. The van der Waals surface area contributed by atoms with E-state index in [4.69, 9.17) is 4.74 Å². The predicted octanol–water partition coefficient (Wildman–Crippen LogP) is 1.60. The molecule has 0 fully saturated rings. The number of nitrogens with one attached hydrogen (secondary N) is 1. The lowest BCUT2D eigenvalue weighted by molar-refractivity contribution is -0.119. The molecule has 74 valence electrons. The van der Waals surface area contributed by atoms with Crippen LogP contribution in [0.4, 0.5) is 0 Å². The number of amides is 1. The van der Waals surface area contributed by atoms with E-state index in [1.165, 1.54) is 0 Å². The summed E-state index contributed by atoms with van der Waals surface area (Å²) in [5, 5.41) is 2.91. The highest BCUT2D eigenvalue weighted by atomic mass is 16.5. The highest BCUT2D eigenvalue weighted by Crippen LogP contribution is 2.18. The van der Waals surface area contributed by atoms with Crippen molar-refractivity contribution in [2.75, 3.05) is 6.61 Å². The van der Waals surface area contributed by atoms with Gasteiger partial charge < -0.3 is 10.1 Å². The van der Waals surface area contributed by atoms with Crippen molar-refractivity contribution in [3.05, 3.63) is 11.8 Å². The molecule has 1 rings (SSSR count). The fraction of sp³-hybridized carbons (Fsp3) is 0.700. The number of hydrogen-bond donors (Lipinski definition) is 1. The lowest BCUT2D eigenvalue weighted by Gasteiger charge is -2.22. The quantitative estimate of drug-likeness (QED) is 0.721. The second kappa shape index (κ2) is 4.90. The van der Waals surface area contributed by atoms with Gasteiger partial charge in [0.05, 0.1) is 12.4 Å². The van der Waals surface area contributed by atoms with Gasteiger partial charge in [0.25, 0.3) is 0 Å². The van der Waals surface area contributed by atoms with E-state index in [-0.39, 0.29) is 5.91 Å². The summed E-state index contributed by atoms with van der Waals surface area (Å²) < 4.78 is 5.38. The van der Waals surface area contributed by atoms with Crippen LogP contribution < -0.4 is 5.32 Å². The van der Waals surface area contributed by atoms with Crippen LogP contribution in [0.5, 0.6) is 0 Å². The molecular weight excluding hydrogens is 166 g/mol. The number of carbonyl (C=O) groups is 1. The Labute approximate surface area is 79.2 Å². The molecule has 1 atom stereocenters. The molecule has 1 amide bonds. The minimum Gasteiger partial charge on any atom is -0.499 e. The number of rotatable bonds is 3. The zero-order valence-electron chi connectivity index (χ0n) is 8.30. The van der Waals surface area contributed by atoms with Gasteiger partial charge in [-0.05, 0) is 25.8 Å². The lowest BCUT2D eigenvalue weighted by Crippen LogP contribution is -2.34. The molecule has 0 unspecified atom stereocenters. The predicted molar refractivity (Wildman–Crippen MR) is 51.2 cm³/mol. The van der Waals surface area contributed by atoms with Gasteiger partial charge in [0, 0.05) is 19.4 Å². The Hall–Kier alpha value is -0.990. The maximum atomic E-state index is 10.8. The molecule has 0 spiro atoms. The first kappa shape index (κ1) is 10.1. The minimum absolute atomic E-state index is 0.0539. The Bertz CT molecular complexity index is 211. The van der Waals surface area contributed by atoms with E-state index >= 15 is 0 Å². The van der Waals surface area contributed by atoms with Crippen LogP contribution in [-0.2, 0) is 9.53 Å². The van der Waals surface area contributed by atoms with Crippen molar-refractivity contribution in [1.82, 2.24) is 5.32 Å². The van der Waals surface area contributed by atoms with Gasteiger partial charge in [0.1, 0.15) is 0 Å². The standard InChI is InChI=1S/C10H17NO2/c1-3-13-10-6-4-9(5-7-10)11-8(2)12/h6,9H,3-5,7H2,1-2H3,(H,11,12)/t9-/m1/s1. The van der Waals surface area contributed by atoms with Gasteiger partial charge >= 0.3 is 0 Å². The first-order valence-electron chi connectivity index (χ1n) is 4.81. The summed E-state index contributed by atoms with van der Waals surface area (Å²) in [7, 11) is 0. The summed E-state index contributed by atoms with van der Waals surface area (Å²) in [4.78, 5) is 10.8. The van der Waals surface area contributed by atoms with Gasteiger partial charge in [-0.2, -0.15) is 0 Å². The molecule has 3 nitrogen and oxygen atoms in total. The molecule has 0 bridgehead atoms. The van der Waals surface area contributed by atoms with Crippen molar-refractivity contribution in [3.8, 4) is 0 Å². The van der Waals surface area contributed by atoms with E-state index in [2.05, 4.69) is 11.4 Å². The molecule has 1 aliphatic rings. The number of ether oxygens (including phenoxy) is 1. The van der Waals surface area contributed by atoms with Crippen molar-refractivity contribution in [2.24, 2.45) is 0 Å². The maximum Gasteiger partial charge on any atom is 0.217 e. The number of carbonyl (C=O) groups excluding carboxylic acids is 1. The molecule has 1 aliphatic carbocycles. The van der Waals surface area contributed by atoms with Crippen LogP contribution in [0.25, 0.3) is 0 Å². The minimum atomic E-state index is 0.0539. The molecule has 0 aromatic heterocycles. The Morgan fingerprint density at radius 1 is 1.77 bits per heavy atom. The van der Waals surface area contributed by atoms with Crippen LogP contribution in [0.15, 0.2) is 11.8 Å². The molecule has 0 saturated heterocycles. The SMILES string of the molecule is CCOC1=CC[C@@H](NC(C)=O)CC1. The second-order valence-electron chi connectivity index (χ2n) is 3.28. The zero-order valence-corrected chi connectivity index (χ0v) is 8.30. The normalized spacial score (nSPS) is 22.0. The third kappa shape index (κ3) is 3.49. The molecular formula is C10H17NO2. The maximum absolute atomic E-state index is 10.8. The van der Waals surface area contributed by atoms with Crippen molar-refractivity contribution < 1.29 is 9.53 Å². The third-order valence-electron chi connectivity index (χ3n) is 2.11. The zero-order chi connectivity index (χ0) is 9.68. The molecule has 0 aromatic carbocycles. The average molecular weight is 183 g/mol. The fourth-order valence-corrected chi connectivity index (χ4v) is 1.55. The molecule has 0 saturated carbocycles. The second-order valence-corrected chi connectivity index (χ2v) is 3.28. The Balaban J connectivity index is 2.32. The summed E-state index contributed by atoms with van der Waals surface area (Å²) in [6.07, 6.45) is 4.91. The van der Waals surface area contributed by atoms with Crippen LogP contribution in [0.1, 0.15) is 33.1 Å². The van der Waals surface area contributed by atoms with Gasteiger partial charge in [0.2, 0.25) is 5.91 Å². The van der Waals surface area contributed by atoms with Crippen LogP contribution >= 0.6 is 0 Å². The summed E-state index contributed by atoms with van der Waals surface area (Å²) in [5.74, 6) is 1.13. The van der Waals surface area contributed by atoms with Gasteiger partial charge in [-0.25, -0.2) is 0 Å². The summed E-state index contributed by atoms with van der Waals surface area (Å²) >= 11 is 0. The molecule has 0 heterocycles. The van der Waals surface area contributed by atoms with Gasteiger partial charge in [0.15, 0.2) is 0 Å². The third-order valence-corrected chi connectivity index (χ3v) is 2.11. The summed E-state index contributed by atoms with van der Waals surface area (Å²) in [6.45, 7) is 4.28. The first-order valence-corrected chi connectivity index (χ1v) is 4.81. The molecule has 0 aromatic rings. The van der Waals surface area contributed by atoms with E-state index in [0.717, 1.165) is 31.6 Å². The van der Waals surface area contributed by atoms with Gasteiger partial charge in [-0.15, -0.1) is 0 Å². The number of allylic oxidation sites excluding steroid dienone is 1. The van der Waals surface area contributed by atoms with Gasteiger partial charge in [-0.1, -0.05) is 0 Å². The van der Waals surface area contributed by atoms with Crippen molar-refractivity contribution >= 4 is 5.91 Å². The molecule has 0 radical (unpaired) electrons. The topological polar surface area (TPSA) is 38.3 Å².